The monoisotopic (exact) mass is 349 g/mol. The van der Waals surface area contributed by atoms with Crippen molar-refractivity contribution in [2.24, 2.45) is 5.92 Å². The van der Waals surface area contributed by atoms with Crippen LogP contribution in [0.5, 0.6) is 0 Å². The number of carbonyl (C=O) groups excluding carboxylic acids is 1. The van der Waals surface area contributed by atoms with Crippen LogP contribution in [0.3, 0.4) is 0 Å². The van der Waals surface area contributed by atoms with Crippen LogP contribution in [0, 0.1) is 5.92 Å². The van der Waals surface area contributed by atoms with Gasteiger partial charge in [0.2, 0.25) is 10.0 Å². The maximum atomic E-state index is 12.2. The summed E-state index contributed by atoms with van der Waals surface area (Å²) in [5, 5.41) is -0.501. The van der Waals surface area contributed by atoms with Crippen LogP contribution in [0.25, 0.3) is 0 Å². The Morgan fingerprint density at radius 1 is 1.30 bits per heavy atom. The van der Waals surface area contributed by atoms with Gasteiger partial charge in [-0.05, 0) is 38.5 Å². The fourth-order valence-electron chi connectivity index (χ4n) is 3.10. The molecule has 2 fully saturated rings. The number of hydrogen-bond acceptors (Lipinski definition) is 6. The van der Waals surface area contributed by atoms with Crippen molar-refractivity contribution in [1.82, 2.24) is 4.72 Å². The first-order valence-corrected chi connectivity index (χ1v) is 9.83. The highest BCUT2D eigenvalue weighted by atomic mass is 32.2. The summed E-state index contributed by atoms with van der Waals surface area (Å²) in [6, 6.07) is 0. The van der Waals surface area contributed by atoms with Crippen molar-refractivity contribution in [3.63, 3.8) is 0 Å². The number of hydrogen-bond donors (Lipinski definition) is 1. The molecule has 23 heavy (non-hydrogen) atoms. The summed E-state index contributed by atoms with van der Waals surface area (Å²) in [6.45, 7) is 2.25. The standard InChI is InChI=1S/C15H27NO6S/c1-20-15(17)12-5-6-14(10-12)23(18,19)16-7-3-8-21-11-13-4-2-9-22-13/h12-14,16H,2-11H2,1H3. The third-order valence-electron chi connectivity index (χ3n) is 4.45. The highest BCUT2D eigenvalue weighted by Crippen LogP contribution is 2.30. The Morgan fingerprint density at radius 3 is 2.83 bits per heavy atom. The molecular formula is C15H27NO6S. The van der Waals surface area contributed by atoms with Crippen LogP contribution in [-0.2, 0) is 29.0 Å². The Balaban J connectivity index is 1.59. The van der Waals surface area contributed by atoms with Crippen LogP contribution in [-0.4, -0.2) is 59.2 Å². The van der Waals surface area contributed by atoms with E-state index in [1.165, 1.54) is 7.11 Å². The van der Waals surface area contributed by atoms with E-state index in [1.807, 2.05) is 0 Å². The summed E-state index contributed by atoms with van der Waals surface area (Å²) in [6.07, 6.45) is 4.36. The second kappa shape index (κ2) is 8.96. The lowest BCUT2D eigenvalue weighted by Crippen LogP contribution is -2.34. The van der Waals surface area contributed by atoms with E-state index in [2.05, 4.69) is 9.46 Å². The lowest BCUT2D eigenvalue weighted by Gasteiger charge is -2.13. The van der Waals surface area contributed by atoms with Crippen molar-refractivity contribution in [3.8, 4) is 0 Å². The molecule has 0 aromatic carbocycles. The quantitative estimate of drug-likeness (QED) is 0.490. The van der Waals surface area contributed by atoms with Gasteiger partial charge in [0.15, 0.2) is 0 Å². The van der Waals surface area contributed by atoms with E-state index in [0.29, 0.717) is 45.4 Å². The predicted octanol–water partition coefficient (Wildman–Crippen LogP) is 0.833. The molecule has 2 aliphatic rings. The van der Waals surface area contributed by atoms with Gasteiger partial charge in [-0.1, -0.05) is 0 Å². The summed E-state index contributed by atoms with van der Waals surface area (Å²) in [4.78, 5) is 11.5. The van der Waals surface area contributed by atoms with E-state index in [0.717, 1.165) is 19.4 Å². The van der Waals surface area contributed by atoms with Crippen molar-refractivity contribution < 1.29 is 27.4 Å². The molecule has 7 nitrogen and oxygen atoms in total. The number of nitrogens with one attached hydrogen (secondary N) is 1. The molecule has 3 unspecified atom stereocenters. The lowest BCUT2D eigenvalue weighted by molar-refractivity contribution is -0.145. The summed E-state index contributed by atoms with van der Waals surface area (Å²) in [5.41, 5.74) is 0. The highest BCUT2D eigenvalue weighted by molar-refractivity contribution is 7.90. The first-order valence-electron chi connectivity index (χ1n) is 8.28. The zero-order valence-electron chi connectivity index (χ0n) is 13.7. The minimum atomic E-state index is -3.38. The van der Waals surface area contributed by atoms with Gasteiger partial charge in [-0.25, -0.2) is 13.1 Å². The molecule has 2 rings (SSSR count). The molecule has 8 heteroatoms. The number of methoxy groups -OCH3 is 1. The number of esters is 1. The van der Waals surface area contributed by atoms with Crippen molar-refractivity contribution in [2.45, 2.75) is 49.9 Å². The second-order valence-corrected chi connectivity index (χ2v) is 8.20. The van der Waals surface area contributed by atoms with Crippen molar-refractivity contribution in [1.29, 1.82) is 0 Å². The number of rotatable bonds is 9. The van der Waals surface area contributed by atoms with Crippen LogP contribution in [0.1, 0.15) is 38.5 Å². The third-order valence-corrected chi connectivity index (χ3v) is 6.37. The van der Waals surface area contributed by atoms with Gasteiger partial charge in [-0.3, -0.25) is 4.79 Å². The van der Waals surface area contributed by atoms with Crippen molar-refractivity contribution in [3.05, 3.63) is 0 Å². The van der Waals surface area contributed by atoms with Crippen LogP contribution in [0.15, 0.2) is 0 Å². The Kier molecular flexibility index (Phi) is 7.26. The van der Waals surface area contributed by atoms with Gasteiger partial charge >= 0.3 is 5.97 Å². The molecule has 3 atom stereocenters. The maximum absolute atomic E-state index is 12.2. The van der Waals surface area contributed by atoms with E-state index in [-0.39, 0.29) is 18.0 Å². The molecule has 1 heterocycles. The molecule has 0 bridgehead atoms. The molecule has 0 aromatic heterocycles. The van der Waals surface area contributed by atoms with E-state index in [1.54, 1.807) is 0 Å². The van der Waals surface area contributed by atoms with Crippen LogP contribution in [0.2, 0.25) is 0 Å². The first kappa shape index (κ1) is 18.6. The fraction of sp³-hybridized carbons (Fsp3) is 0.933. The molecule has 1 saturated carbocycles. The van der Waals surface area contributed by atoms with Crippen molar-refractivity contribution >= 4 is 16.0 Å². The van der Waals surface area contributed by atoms with Gasteiger partial charge in [0.25, 0.3) is 0 Å². The van der Waals surface area contributed by atoms with Gasteiger partial charge in [0, 0.05) is 19.8 Å². The van der Waals surface area contributed by atoms with E-state index >= 15 is 0 Å². The maximum Gasteiger partial charge on any atom is 0.308 e. The Morgan fingerprint density at radius 2 is 2.13 bits per heavy atom. The molecule has 0 radical (unpaired) electrons. The average molecular weight is 349 g/mol. The minimum Gasteiger partial charge on any atom is -0.469 e. The summed E-state index contributed by atoms with van der Waals surface area (Å²) in [7, 11) is -2.04. The molecule has 1 aliphatic heterocycles. The SMILES string of the molecule is COC(=O)C1CCC(S(=O)(=O)NCCCOCC2CCCO2)C1. The molecule has 0 aromatic rings. The van der Waals surface area contributed by atoms with Gasteiger partial charge < -0.3 is 14.2 Å². The van der Waals surface area contributed by atoms with E-state index in [4.69, 9.17) is 9.47 Å². The van der Waals surface area contributed by atoms with Gasteiger partial charge in [-0.2, -0.15) is 0 Å². The van der Waals surface area contributed by atoms with Crippen molar-refractivity contribution in [2.75, 3.05) is 33.5 Å². The molecule has 0 spiro atoms. The molecule has 1 saturated heterocycles. The van der Waals surface area contributed by atoms with Gasteiger partial charge in [0.05, 0.1) is 31.0 Å². The predicted molar refractivity (Wildman–Crippen MR) is 84.5 cm³/mol. The Hall–Kier alpha value is -0.700. The number of carbonyl (C=O) groups is 1. The number of ether oxygens (including phenoxy) is 3. The molecule has 1 N–H and O–H groups in total. The van der Waals surface area contributed by atoms with Crippen LogP contribution in [0.4, 0.5) is 0 Å². The summed E-state index contributed by atoms with van der Waals surface area (Å²) in [5.74, 6) is -0.610. The van der Waals surface area contributed by atoms with Crippen LogP contribution >= 0.6 is 0 Å². The van der Waals surface area contributed by atoms with E-state index in [9.17, 15) is 13.2 Å². The zero-order chi connectivity index (χ0) is 16.7. The average Bonchev–Trinajstić information content (AvgIpc) is 3.21. The topological polar surface area (TPSA) is 90.9 Å². The molecule has 134 valence electrons. The Bertz CT molecular complexity index is 474. The van der Waals surface area contributed by atoms with Gasteiger partial charge in [0.1, 0.15) is 0 Å². The second-order valence-electron chi connectivity index (χ2n) is 6.16. The largest absolute Gasteiger partial charge is 0.469 e. The van der Waals surface area contributed by atoms with E-state index < -0.39 is 15.3 Å². The highest BCUT2D eigenvalue weighted by Gasteiger charge is 2.37. The number of sulfonamides is 1. The lowest BCUT2D eigenvalue weighted by atomic mass is 10.1. The Labute approximate surface area is 138 Å². The molecular weight excluding hydrogens is 322 g/mol. The molecule has 1 aliphatic carbocycles. The summed E-state index contributed by atoms with van der Waals surface area (Å²) >= 11 is 0. The zero-order valence-corrected chi connectivity index (χ0v) is 14.5. The first-order chi connectivity index (χ1) is 11.0. The smallest absolute Gasteiger partial charge is 0.308 e. The minimum absolute atomic E-state index is 0.195. The van der Waals surface area contributed by atoms with Crippen LogP contribution < -0.4 is 4.72 Å². The van der Waals surface area contributed by atoms with Gasteiger partial charge in [-0.15, -0.1) is 0 Å². The fourth-order valence-corrected chi connectivity index (χ4v) is 4.70. The molecule has 0 amide bonds. The normalized spacial score (nSPS) is 28.1. The third kappa shape index (κ3) is 5.70. The summed E-state index contributed by atoms with van der Waals surface area (Å²) < 4.78 is 42.7.